The van der Waals surface area contributed by atoms with Crippen molar-refractivity contribution in [2.75, 3.05) is 0 Å². The average molecular weight is 227 g/mol. The zero-order valence-corrected chi connectivity index (χ0v) is 10.1. The SMILES string of the molecule is CCCc1n[c]nc(CC)c1-c1ncccn1. The van der Waals surface area contributed by atoms with E-state index in [1.54, 1.807) is 12.4 Å². The van der Waals surface area contributed by atoms with Gasteiger partial charge in [-0.15, -0.1) is 0 Å². The summed E-state index contributed by atoms with van der Waals surface area (Å²) in [5.41, 5.74) is 2.94. The smallest absolute Gasteiger partial charge is 0.198 e. The van der Waals surface area contributed by atoms with Crippen LogP contribution in [0.3, 0.4) is 0 Å². The Morgan fingerprint density at radius 2 is 1.76 bits per heavy atom. The summed E-state index contributed by atoms with van der Waals surface area (Å²) in [5.74, 6) is 0.710. The quantitative estimate of drug-likeness (QED) is 0.803. The van der Waals surface area contributed by atoms with E-state index in [9.17, 15) is 0 Å². The van der Waals surface area contributed by atoms with Crippen LogP contribution in [0.5, 0.6) is 0 Å². The van der Waals surface area contributed by atoms with Crippen LogP contribution in [-0.2, 0) is 12.8 Å². The molecule has 0 aromatic carbocycles. The average Bonchev–Trinajstić information content (AvgIpc) is 2.40. The lowest BCUT2D eigenvalue weighted by Gasteiger charge is -2.09. The molecule has 0 aliphatic rings. The van der Waals surface area contributed by atoms with Crippen LogP contribution < -0.4 is 0 Å². The third-order valence-electron chi connectivity index (χ3n) is 2.56. The molecular formula is C13H15N4. The van der Waals surface area contributed by atoms with Gasteiger partial charge in [0.05, 0.1) is 17.0 Å². The molecule has 4 heteroatoms. The van der Waals surface area contributed by atoms with Crippen molar-refractivity contribution in [2.24, 2.45) is 0 Å². The van der Waals surface area contributed by atoms with Gasteiger partial charge in [0.2, 0.25) is 0 Å². The van der Waals surface area contributed by atoms with Gasteiger partial charge < -0.3 is 0 Å². The lowest BCUT2D eigenvalue weighted by Crippen LogP contribution is -2.04. The number of hydrogen-bond donors (Lipinski definition) is 0. The van der Waals surface area contributed by atoms with Gasteiger partial charge in [-0.05, 0) is 18.9 Å². The molecule has 2 heterocycles. The lowest BCUT2D eigenvalue weighted by atomic mass is 10.1. The van der Waals surface area contributed by atoms with Crippen LogP contribution >= 0.6 is 0 Å². The molecule has 0 N–H and O–H groups in total. The minimum absolute atomic E-state index is 0.710. The van der Waals surface area contributed by atoms with Crippen molar-refractivity contribution in [1.82, 2.24) is 19.9 Å². The standard InChI is InChI=1S/C13H15N4/c1-3-6-11-12(10(4-2)16-9-17-11)13-14-7-5-8-15-13/h5,7-8H,3-4,6H2,1-2H3. The van der Waals surface area contributed by atoms with E-state index in [1.807, 2.05) is 6.07 Å². The van der Waals surface area contributed by atoms with Gasteiger partial charge in [-0.2, -0.15) is 0 Å². The van der Waals surface area contributed by atoms with Crippen LogP contribution in [0, 0.1) is 6.33 Å². The van der Waals surface area contributed by atoms with Gasteiger partial charge in [0, 0.05) is 12.4 Å². The lowest BCUT2D eigenvalue weighted by molar-refractivity contribution is 0.852. The van der Waals surface area contributed by atoms with E-state index in [-0.39, 0.29) is 0 Å². The Bertz CT molecular complexity index is 482. The van der Waals surface area contributed by atoms with Crippen molar-refractivity contribution < 1.29 is 0 Å². The first-order valence-electron chi connectivity index (χ1n) is 5.90. The molecule has 2 rings (SSSR count). The molecule has 0 saturated carbocycles. The molecule has 0 amide bonds. The fourth-order valence-electron chi connectivity index (χ4n) is 1.78. The van der Waals surface area contributed by atoms with E-state index in [0.717, 1.165) is 36.2 Å². The maximum absolute atomic E-state index is 4.30. The Labute approximate surface area is 101 Å². The van der Waals surface area contributed by atoms with Crippen LogP contribution in [0.4, 0.5) is 0 Å². The Balaban J connectivity index is 2.56. The summed E-state index contributed by atoms with van der Waals surface area (Å²) in [6, 6.07) is 1.81. The van der Waals surface area contributed by atoms with Crippen LogP contribution in [0.2, 0.25) is 0 Å². The van der Waals surface area contributed by atoms with E-state index in [0.29, 0.717) is 5.82 Å². The summed E-state index contributed by atoms with van der Waals surface area (Å²) in [4.78, 5) is 17.0. The molecule has 2 aromatic rings. The summed E-state index contributed by atoms with van der Waals surface area (Å²) >= 11 is 0. The summed E-state index contributed by atoms with van der Waals surface area (Å²) in [6.45, 7) is 4.20. The second kappa shape index (κ2) is 5.48. The van der Waals surface area contributed by atoms with Crippen molar-refractivity contribution in [3.05, 3.63) is 36.2 Å². The zero-order chi connectivity index (χ0) is 12.1. The molecular weight excluding hydrogens is 212 g/mol. The molecule has 0 bridgehead atoms. The molecule has 87 valence electrons. The Kier molecular flexibility index (Phi) is 3.75. The second-order valence-corrected chi connectivity index (χ2v) is 3.77. The van der Waals surface area contributed by atoms with Gasteiger partial charge in [-0.1, -0.05) is 20.3 Å². The van der Waals surface area contributed by atoms with Crippen LogP contribution in [0.1, 0.15) is 31.7 Å². The summed E-state index contributed by atoms with van der Waals surface area (Å²) in [5, 5.41) is 0. The molecule has 17 heavy (non-hydrogen) atoms. The largest absolute Gasteiger partial charge is 0.236 e. The van der Waals surface area contributed by atoms with Gasteiger partial charge >= 0.3 is 0 Å². The maximum atomic E-state index is 4.30. The number of aryl methyl sites for hydroxylation is 2. The molecule has 0 aliphatic heterocycles. The van der Waals surface area contributed by atoms with Gasteiger partial charge in [0.15, 0.2) is 12.2 Å². The van der Waals surface area contributed by atoms with Crippen molar-refractivity contribution >= 4 is 0 Å². The number of hydrogen-bond acceptors (Lipinski definition) is 4. The Morgan fingerprint density at radius 1 is 1.06 bits per heavy atom. The third kappa shape index (κ3) is 2.46. The first-order chi connectivity index (χ1) is 8.36. The minimum atomic E-state index is 0.710. The van der Waals surface area contributed by atoms with Crippen LogP contribution in [-0.4, -0.2) is 19.9 Å². The van der Waals surface area contributed by atoms with Crippen molar-refractivity contribution in [3.8, 4) is 11.4 Å². The molecule has 0 saturated heterocycles. The van der Waals surface area contributed by atoms with Crippen molar-refractivity contribution in [1.29, 1.82) is 0 Å². The van der Waals surface area contributed by atoms with Gasteiger partial charge in [-0.3, -0.25) is 0 Å². The van der Waals surface area contributed by atoms with Crippen LogP contribution in [0.15, 0.2) is 18.5 Å². The number of nitrogens with zero attached hydrogens (tertiary/aromatic N) is 4. The van der Waals surface area contributed by atoms with Gasteiger partial charge in [-0.25, -0.2) is 19.9 Å². The monoisotopic (exact) mass is 227 g/mol. The fraction of sp³-hybridized carbons (Fsp3) is 0.385. The molecule has 2 aromatic heterocycles. The first kappa shape index (κ1) is 11.6. The van der Waals surface area contributed by atoms with E-state index in [4.69, 9.17) is 0 Å². The van der Waals surface area contributed by atoms with Crippen molar-refractivity contribution in [2.45, 2.75) is 33.1 Å². The summed E-state index contributed by atoms with van der Waals surface area (Å²) in [7, 11) is 0. The Morgan fingerprint density at radius 3 is 2.41 bits per heavy atom. The highest BCUT2D eigenvalue weighted by Gasteiger charge is 2.13. The highest BCUT2D eigenvalue weighted by Crippen LogP contribution is 2.22. The zero-order valence-electron chi connectivity index (χ0n) is 10.1. The third-order valence-corrected chi connectivity index (χ3v) is 2.56. The predicted molar refractivity (Wildman–Crippen MR) is 65.3 cm³/mol. The van der Waals surface area contributed by atoms with Crippen molar-refractivity contribution in [3.63, 3.8) is 0 Å². The fourth-order valence-corrected chi connectivity index (χ4v) is 1.78. The van der Waals surface area contributed by atoms with E-state index >= 15 is 0 Å². The van der Waals surface area contributed by atoms with Gasteiger partial charge in [0.25, 0.3) is 0 Å². The number of aromatic nitrogens is 4. The molecule has 0 atom stereocenters. The molecule has 4 nitrogen and oxygen atoms in total. The molecule has 0 fully saturated rings. The molecule has 0 unspecified atom stereocenters. The highest BCUT2D eigenvalue weighted by atomic mass is 14.9. The Hall–Kier alpha value is -1.84. The highest BCUT2D eigenvalue weighted by molar-refractivity contribution is 5.60. The summed E-state index contributed by atoms with van der Waals surface area (Å²) in [6.07, 6.45) is 8.98. The van der Waals surface area contributed by atoms with E-state index < -0.39 is 0 Å². The number of rotatable bonds is 4. The second-order valence-electron chi connectivity index (χ2n) is 3.77. The molecule has 0 aliphatic carbocycles. The first-order valence-corrected chi connectivity index (χ1v) is 5.90. The van der Waals surface area contributed by atoms with Crippen LogP contribution in [0.25, 0.3) is 11.4 Å². The molecule has 0 spiro atoms. The summed E-state index contributed by atoms with van der Waals surface area (Å²) < 4.78 is 0. The topological polar surface area (TPSA) is 51.6 Å². The predicted octanol–water partition coefficient (Wildman–Crippen LogP) is 2.25. The molecule has 1 radical (unpaired) electrons. The normalized spacial score (nSPS) is 10.5. The van der Waals surface area contributed by atoms with E-state index in [2.05, 4.69) is 40.1 Å². The van der Waals surface area contributed by atoms with Gasteiger partial charge in [0.1, 0.15) is 0 Å². The maximum Gasteiger partial charge on any atom is 0.198 e. The van der Waals surface area contributed by atoms with E-state index in [1.165, 1.54) is 0 Å². The minimum Gasteiger partial charge on any atom is -0.236 e.